The van der Waals surface area contributed by atoms with Gasteiger partial charge in [0.05, 0.1) is 27.1 Å². The molecule has 0 atom stereocenters. The summed E-state index contributed by atoms with van der Waals surface area (Å²) in [5, 5.41) is 17.5. The number of nitrogens with zero attached hydrogens (tertiary/aromatic N) is 1. The molecule has 0 aromatic carbocycles. The standard InChI is InChI=1S/C5H11NO2.C2H6O/c1-6(2,3)4-5(7)8;1-2-3/h4H2,1-3H3;3H,2H2,1H3. The van der Waals surface area contributed by atoms with E-state index in [0.717, 1.165) is 0 Å². The highest BCUT2D eigenvalue weighted by molar-refractivity contribution is 5.65. The van der Waals surface area contributed by atoms with Crippen LogP contribution in [0.1, 0.15) is 6.92 Å². The molecule has 1 N–H and O–H groups in total. The van der Waals surface area contributed by atoms with Crippen LogP contribution in [0.4, 0.5) is 0 Å². The monoisotopic (exact) mass is 163 g/mol. The van der Waals surface area contributed by atoms with Crippen molar-refractivity contribution in [2.75, 3.05) is 34.3 Å². The van der Waals surface area contributed by atoms with Gasteiger partial charge in [0.25, 0.3) is 0 Å². The van der Waals surface area contributed by atoms with E-state index < -0.39 is 5.97 Å². The van der Waals surface area contributed by atoms with Crippen LogP contribution in [0.5, 0.6) is 0 Å². The second-order valence-electron chi connectivity index (χ2n) is 3.14. The van der Waals surface area contributed by atoms with Crippen molar-refractivity contribution in [2.24, 2.45) is 0 Å². The van der Waals surface area contributed by atoms with Gasteiger partial charge < -0.3 is 19.5 Å². The number of aliphatic hydroxyl groups is 1. The molecule has 0 spiro atoms. The largest absolute Gasteiger partial charge is 0.544 e. The van der Waals surface area contributed by atoms with E-state index in [0.29, 0.717) is 4.48 Å². The van der Waals surface area contributed by atoms with E-state index in [-0.39, 0.29) is 13.2 Å². The van der Waals surface area contributed by atoms with Gasteiger partial charge >= 0.3 is 0 Å². The molecule has 0 aliphatic carbocycles. The predicted molar refractivity (Wildman–Crippen MR) is 40.7 cm³/mol. The van der Waals surface area contributed by atoms with Gasteiger partial charge in [-0.25, -0.2) is 0 Å². The SMILES string of the molecule is CCO.C[N+](C)(C)CC(=O)[O-]. The molecule has 0 heterocycles. The molecule has 0 aromatic rings. The van der Waals surface area contributed by atoms with E-state index in [4.69, 9.17) is 5.11 Å². The Hall–Kier alpha value is -0.610. The summed E-state index contributed by atoms with van der Waals surface area (Å²) in [7, 11) is 5.40. The van der Waals surface area contributed by atoms with Gasteiger partial charge in [-0.3, -0.25) is 0 Å². The second-order valence-corrected chi connectivity index (χ2v) is 3.14. The molecular formula is C7H17NO3. The summed E-state index contributed by atoms with van der Waals surface area (Å²) in [4.78, 5) is 9.89. The average molecular weight is 163 g/mol. The Morgan fingerprint density at radius 1 is 1.45 bits per heavy atom. The van der Waals surface area contributed by atoms with Gasteiger partial charge in [-0.2, -0.15) is 0 Å². The lowest BCUT2D eigenvalue weighted by molar-refractivity contribution is -0.864. The highest BCUT2D eigenvalue weighted by Gasteiger charge is 2.04. The molecule has 0 radical (unpaired) electrons. The molecule has 4 nitrogen and oxygen atoms in total. The van der Waals surface area contributed by atoms with E-state index in [2.05, 4.69) is 0 Å². The number of carboxylic acids is 1. The lowest BCUT2D eigenvalue weighted by Crippen LogP contribution is -2.45. The smallest absolute Gasteiger partial charge is 0.118 e. The fraction of sp³-hybridized carbons (Fsp3) is 0.857. The Morgan fingerprint density at radius 3 is 1.73 bits per heavy atom. The summed E-state index contributed by atoms with van der Waals surface area (Å²) in [6, 6.07) is 0. The molecule has 0 bridgehead atoms. The maximum Gasteiger partial charge on any atom is 0.118 e. The highest BCUT2D eigenvalue weighted by Crippen LogP contribution is 1.84. The van der Waals surface area contributed by atoms with Crippen LogP contribution < -0.4 is 5.11 Å². The second kappa shape index (κ2) is 6.12. The molecule has 0 saturated heterocycles. The van der Waals surface area contributed by atoms with Gasteiger partial charge in [-0.15, -0.1) is 0 Å². The number of likely N-dealkylation sites (N-methyl/N-ethyl adjacent to an activating group) is 1. The van der Waals surface area contributed by atoms with Gasteiger partial charge in [-0.05, 0) is 6.92 Å². The number of carbonyl (C=O) groups is 1. The van der Waals surface area contributed by atoms with Gasteiger partial charge in [0, 0.05) is 6.61 Å². The van der Waals surface area contributed by atoms with Gasteiger partial charge in [0.2, 0.25) is 0 Å². The minimum absolute atomic E-state index is 0.0694. The van der Waals surface area contributed by atoms with Crippen LogP contribution in [-0.4, -0.2) is 49.9 Å². The first-order valence-electron chi connectivity index (χ1n) is 3.44. The first kappa shape index (κ1) is 13.0. The van der Waals surface area contributed by atoms with Gasteiger partial charge in [0.15, 0.2) is 0 Å². The van der Waals surface area contributed by atoms with Gasteiger partial charge in [-0.1, -0.05) is 0 Å². The summed E-state index contributed by atoms with van der Waals surface area (Å²) >= 11 is 0. The lowest BCUT2D eigenvalue weighted by atomic mass is 10.5. The third-order valence-electron chi connectivity index (χ3n) is 0.603. The van der Waals surface area contributed by atoms with Crippen molar-refractivity contribution in [1.82, 2.24) is 0 Å². The van der Waals surface area contributed by atoms with Crippen LogP contribution >= 0.6 is 0 Å². The number of carbonyl (C=O) groups excluding carboxylic acids is 1. The van der Waals surface area contributed by atoms with Crippen molar-refractivity contribution in [3.63, 3.8) is 0 Å². The maximum atomic E-state index is 9.89. The topological polar surface area (TPSA) is 60.4 Å². The molecule has 0 aliphatic rings. The zero-order valence-electron chi connectivity index (χ0n) is 7.63. The molecule has 0 saturated carbocycles. The minimum Gasteiger partial charge on any atom is -0.544 e. The number of rotatable bonds is 2. The van der Waals surface area contributed by atoms with Crippen molar-refractivity contribution in [2.45, 2.75) is 6.92 Å². The van der Waals surface area contributed by atoms with Crippen LogP contribution in [0.25, 0.3) is 0 Å². The molecule has 0 fully saturated rings. The number of carboxylic acid groups (broad SMARTS) is 1. The summed E-state index contributed by atoms with van der Waals surface area (Å²) in [6.07, 6.45) is 0. The number of aliphatic carboxylic acids is 1. The van der Waals surface area contributed by atoms with E-state index in [1.165, 1.54) is 0 Å². The molecule has 0 aromatic heterocycles. The van der Waals surface area contributed by atoms with Crippen molar-refractivity contribution < 1.29 is 19.5 Å². The minimum atomic E-state index is -1.00. The third kappa shape index (κ3) is 26.6. The average Bonchev–Trinajstić information content (AvgIpc) is 1.57. The zero-order chi connectivity index (χ0) is 9.49. The number of hydrogen-bond donors (Lipinski definition) is 1. The van der Waals surface area contributed by atoms with E-state index in [9.17, 15) is 9.90 Å². The predicted octanol–water partition coefficient (Wildman–Crippen LogP) is -1.56. The number of quaternary nitrogens is 1. The van der Waals surface area contributed by atoms with Crippen molar-refractivity contribution in [3.05, 3.63) is 0 Å². The third-order valence-corrected chi connectivity index (χ3v) is 0.603. The van der Waals surface area contributed by atoms with E-state index in [1.807, 2.05) is 0 Å². The summed E-state index contributed by atoms with van der Waals surface area (Å²) < 4.78 is 0.419. The van der Waals surface area contributed by atoms with Crippen molar-refractivity contribution in [3.8, 4) is 0 Å². The molecular weight excluding hydrogens is 146 g/mol. The zero-order valence-corrected chi connectivity index (χ0v) is 7.63. The summed E-state index contributed by atoms with van der Waals surface area (Å²) in [5.41, 5.74) is 0. The highest BCUT2D eigenvalue weighted by atomic mass is 16.4. The van der Waals surface area contributed by atoms with Crippen LogP contribution in [0.3, 0.4) is 0 Å². The quantitative estimate of drug-likeness (QED) is 0.501. The fourth-order valence-corrected chi connectivity index (χ4v) is 0.387. The summed E-state index contributed by atoms with van der Waals surface area (Å²) in [5.74, 6) is -1.00. The molecule has 11 heavy (non-hydrogen) atoms. The van der Waals surface area contributed by atoms with E-state index >= 15 is 0 Å². The Balaban J connectivity index is 0. The van der Waals surface area contributed by atoms with Crippen molar-refractivity contribution in [1.29, 1.82) is 0 Å². The normalized spacial score (nSPS) is 9.91. The Morgan fingerprint density at radius 2 is 1.73 bits per heavy atom. The molecule has 0 rings (SSSR count). The van der Waals surface area contributed by atoms with Crippen molar-refractivity contribution >= 4 is 5.97 Å². The summed E-state index contributed by atoms with van der Waals surface area (Å²) in [6.45, 7) is 2.00. The molecule has 0 aliphatic heterocycles. The fourth-order valence-electron chi connectivity index (χ4n) is 0.387. The Labute approximate surface area is 67.7 Å². The van der Waals surface area contributed by atoms with Crippen LogP contribution in [0.2, 0.25) is 0 Å². The van der Waals surface area contributed by atoms with E-state index in [1.54, 1.807) is 28.1 Å². The van der Waals surface area contributed by atoms with Crippen LogP contribution in [0, 0.1) is 0 Å². The number of hydrogen-bond acceptors (Lipinski definition) is 3. The molecule has 0 unspecified atom stereocenters. The Bertz CT molecular complexity index is 107. The molecule has 4 heteroatoms. The first-order valence-corrected chi connectivity index (χ1v) is 3.44. The first-order chi connectivity index (χ1) is 4.83. The van der Waals surface area contributed by atoms with Crippen LogP contribution in [0.15, 0.2) is 0 Å². The molecule has 0 amide bonds. The van der Waals surface area contributed by atoms with Gasteiger partial charge in [0.1, 0.15) is 6.54 Å². The molecule has 68 valence electrons. The lowest BCUT2D eigenvalue weighted by Gasteiger charge is -2.23. The maximum absolute atomic E-state index is 9.89. The number of aliphatic hydroxyl groups excluding tert-OH is 1. The van der Waals surface area contributed by atoms with Crippen LogP contribution in [-0.2, 0) is 4.79 Å². The Kier molecular flexibility index (Phi) is 7.24.